The molecule has 0 spiro atoms. The highest BCUT2D eigenvalue weighted by Crippen LogP contribution is 2.32. The Kier molecular flexibility index (Phi) is 6.45. The van der Waals surface area contributed by atoms with Gasteiger partial charge in [0.05, 0.1) is 13.7 Å². The largest absolute Gasteiger partial charge is 0.497 e. The zero-order chi connectivity index (χ0) is 21.7. The van der Waals surface area contributed by atoms with E-state index in [1.54, 1.807) is 37.5 Å². The Morgan fingerprint density at radius 3 is 2.57 bits per heavy atom. The van der Waals surface area contributed by atoms with Crippen LogP contribution in [-0.4, -0.2) is 31.1 Å². The first-order chi connectivity index (χ1) is 14.3. The van der Waals surface area contributed by atoms with Gasteiger partial charge in [-0.2, -0.15) is 0 Å². The van der Waals surface area contributed by atoms with E-state index < -0.39 is 6.09 Å². The van der Waals surface area contributed by atoms with Crippen LogP contribution in [0.3, 0.4) is 0 Å². The van der Waals surface area contributed by atoms with Crippen LogP contribution in [0.2, 0.25) is 0 Å². The third kappa shape index (κ3) is 5.20. The Hall–Kier alpha value is -3.28. The topological polar surface area (TPSA) is 76.7 Å². The molecule has 2 aromatic carbocycles. The van der Waals surface area contributed by atoms with Gasteiger partial charge in [0.25, 0.3) is 0 Å². The molecule has 0 saturated heterocycles. The van der Waals surface area contributed by atoms with Crippen molar-refractivity contribution >= 4 is 23.3 Å². The summed E-state index contributed by atoms with van der Waals surface area (Å²) in [6, 6.07) is 12.7. The summed E-state index contributed by atoms with van der Waals surface area (Å²) in [4.78, 5) is 24.6. The second-order valence-electron chi connectivity index (χ2n) is 7.97. The number of nitrogens with one attached hydrogen (secondary N) is 2. The van der Waals surface area contributed by atoms with Crippen LogP contribution in [0.5, 0.6) is 5.75 Å². The molecule has 2 aromatic rings. The minimum Gasteiger partial charge on any atom is -0.497 e. The summed E-state index contributed by atoms with van der Waals surface area (Å²) in [5.74, 6) is 0.628. The highest BCUT2D eigenvalue weighted by atomic mass is 16.5. The Morgan fingerprint density at radius 2 is 1.90 bits per heavy atom. The third-order valence-corrected chi connectivity index (χ3v) is 4.84. The van der Waals surface area contributed by atoms with Gasteiger partial charge in [-0.1, -0.05) is 13.0 Å². The zero-order valence-corrected chi connectivity index (χ0v) is 17.9. The second kappa shape index (κ2) is 9.03. The van der Waals surface area contributed by atoms with Crippen LogP contribution >= 0.6 is 0 Å². The van der Waals surface area contributed by atoms with Crippen molar-refractivity contribution in [3.63, 3.8) is 0 Å². The fourth-order valence-electron chi connectivity index (χ4n) is 3.43. The highest BCUT2D eigenvalue weighted by Gasteiger charge is 2.28. The number of allylic oxidation sites excluding steroid dienone is 1. The van der Waals surface area contributed by atoms with Crippen LogP contribution in [0.25, 0.3) is 5.70 Å². The molecule has 2 N–H and O–H groups in total. The molecule has 0 aromatic heterocycles. The van der Waals surface area contributed by atoms with Gasteiger partial charge in [-0.25, -0.2) is 4.79 Å². The Labute approximate surface area is 177 Å². The SMILES string of the molecule is CCCOC(=O)Nc1ccc(C(=O)C=C2NC(C)(C)Cc3ccc(OC)cc32)cc1. The molecule has 158 valence electrons. The van der Waals surface area contributed by atoms with Gasteiger partial charge in [0.15, 0.2) is 5.78 Å². The number of methoxy groups -OCH3 is 1. The van der Waals surface area contributed by atoms with E-state index in [1.165, 1.54) is 5.56 Å². The smallest absolute Gasteiger partial charge is 0.411 e. The van der Waals surface area contributed by atoms with E-state index >= 15 is 0 Å². The molecule has 0 atom stereocenters. The van der Waals surface area contributed by atoms with E-state index in [1.807, 2.05) is 25.1 Å². The van der Waals surface area contributed by atoms with E-state index in [-0.39, 0.29) is 11.3 Å². The Bertz CT molecular complexity index is 962. The number of benzene rings is 2. The van der Waals surface area contributed by atoms with Gasteiger partial charge in [-0.05, 0) is 68.7 Å². The molecule has 6 nitrogen and oxygen atoms in total. The molecule has 0 fully saturated rings. The van der Waals surface area contributed by atoms with Crippen LogP contribution < -0.4 is 15.4 Å². The van der Waals surface area contributed by atoms with Crippen molar-refractivity contribution < 1.29 is 19.1 Å². The van der Waals surface area contributed by atoms with Crippen molar-refractivity contribution in [2.75, 3.05) is 19.0 Å². The van der Waals surface area contributed by atoms with Crippen LogP contribution in [-0.2, 0) is 11.2 Å². The standard InChI is InChI=1S/C24H28N2O4/c1-5-12-30-23(28)25-18-9-6-16(7-10-18)22(27)14-21-20-13-19(29-4)11-8-17(20)15-24(2,3)26-21/h6-11,13-14,26H,5,12,15H2,1-4H3,(H,25,28). The fraction of sp³-hybridized carbons (Fsp3) is 0.333. The van der Waals surface area contributed by atoms with E-state index in [9.17, 15) is 9.59 Å². The molecule has 3 rings (SSSR count). The number of anilines is 1. The molecule has 1 aliphatic heterocycles. The van der Waals surface area contributed by atoms with Crippen LogP contribution in [0.15, 0.2) is 48.5 Å². The molecule has 6 heteroatoms. The fourth-order valence-corrected chi connectivity index (χ4v) is 3.43. The van der Waals surface area contributed by atoms with Crippen molar-refractivity contribution in [2.45, 2.75) is 39.2 Å². The number of amides is 1. The Balaban J connectivity index is 1.81. The molecule has 0 aliphatic carbocycles. The molecule has 1 aliphatic rings. The van der Waals surface area contributed by atoms with Gasteiger partial charge >= 0.3 is 6.09 Å². The number of ether oxygens (including phenoxy) is 2. The second-order valence-corrected chi connectivity index (χ2v) is 7.97. The van der Waals surface area contributed by atoms with E-state index in [4.69, 9.17) is 9.47 Å². The molecule has 0 radical (unpaired) electrons. The summed E-state index contributed by atoms with van der Waals surface area (Å²) in [5, 5.41) is 6.12. The molecule has 30 heavy (non-hydrogen) atoms. The average molecular weight is 408 g/mol. The monoisotopic (exact) mass is 408 g/mol. The van der Waals surface area contributed by atoms with E-state index in [2.05, 4.69) is 24.5 Å². The normalized spacial score (nSPS) is 15.7. The minimum atomic E-state index is -0.503. The molecule has 0 saturated carbocycles. The van der Waals surface area contributed by atoms with Crippen LogP contribution in [0.1, 0.15) is 48.7 Å². The maximum Gasteiger partial charge on any atom is 0.411 e. The van der Waals surface area contributed by atoms with Gasteiger partial charge in [0.1, 0.15) is 5.75 Å². The summed E-state index contributed by atoms with van der Waals surface area (Å²) in [6.07, 6.45) is 2.73. The van der Waals surface area contributed by atoms with Gasteiger partial charge in [-0.3, -0.25) is 10.1 Å². The number of carbonyl (C=O) groups excluding carboxylic acids is 2. The first-order valence-electron chi connectivity index (χ1n) is 10.1. The third-order valence-electron chi connectivity index (χ3n) is 4.84. The summed E-state index contributed by atoms with van der Waals surface area (Å²) in [7, 11) is 1.63. The molecular weight excluding hydrogens is 380 g/mol. The van der Waals surface area contributed by atoms with E-state index in [0.29, 0.717) is 17.9 Å². The quantitative estimate of drug-likeness (QED) is 0.530. The lowest BCUT2D eigenvalue weighted by Gasteiger charge is -2.35. The zero-order valence-electron chi connectivity index (χ0n) is 17.9. The number of hydrogen-bond donors (Lipinski definition) is 2. The number of carbonyl (C=O) groups is 2. The highest BCUT2D eigenvalue weighted by molar-refractivity contribution is 6.09. The summed E-state index contributed by atoms with van der Waals surface area (Å²) >= 11 is 0. The summed E-state index contributed by atoms with van der Waals surface area (Å²) in [6.45, 7) is 6.51. The lowest BCUT2D eigenvalue weighted by Crippen LogP contribution is -2.43. The predicted octanol–water partition coefficient (Wildman–Crippen LogP) is 4.80. The average Bonchev–Trinajstić information content (AvgIpc) is 2.71. The molecular formula is C24H28N2O4. The van der Waals surface area contributed by atoms with Crippen molar-refractivity contribution in [3.8, 4) is 5.75 Å². The van der Waals surface area contributed by atoms with E-state index in [0.717, 1.165) is 29.9 Å². The number of hydrogen-bond acceptors (Lipinski definition) is 5. The van der Waals surface area contributed by atoms with Crippen molar-refractivity contribution in [1.82, 2.24) is 5.32 Å². The van der Waals surface area contributed by atoms with Crippen LogP contribution in [0, 0.1) is 0 Å². The van der Waals surface area contributed by atoms with Crippen molar-refractivity contribution in [2.24, 2.45) is 0 Å². The summed E-state index contributed by atoms with van der Waals surface area (Å²) < 4.78 is 10.4. The van der Waals surface area contributed by atoms with Gasteiger partial charge in [0, 0.05) is 34.1 Å². The van der Waals surface area contributed by atoms with Gasteiger partial charge in [0.2, 0.25) is 0 Å². The molecule has 1 amide bonds. The molecule has 1 heterocycles. The number of fused-ring (bicyclic) bond motifs is 1. The minimum absolute atomic E-state index is 0.121. The van der Waals surface area contributed by atoms with Gasteiger partial charge in [-0.15, -0.1) is 0 Å². The molecule has 0 unspecified atom stereocenters. The lowest BCUT2D eigenvalue weighted by molar-refractivity contribution is 0.104. The van der Waals surface area contributed by atoms with Gasteiger partial charge < -0.3 is 14.8 Å². The Morgan fingerprint density at radius 1 is 1.17 bits per heavy atom. The first-order valence-corrected chi connectivity index (χ1v) is 10.1. The molecule has 0 bridgehead atoms. The van der Waals surface area contributed by atoms with Crippen molar-refractivity contribution in [3.05, 3.63) is 65.2 Å². The lowest BCUT2D eigenvalue weighted by atomic mass is 9.85. The number of ketones is 1. The first kappa shape index (κ1) is 21.4. The maximum absolute atomic E-state index is 12.9. The summed E-state index contributed by atoms with van der Waals surface area (Å²) in [5.41, 5.74) is 3.86. The van der Waals surface area contributed by atoms with Crippen molar-refractivity contribution in [1.29, 1.82) is 0 Å². The van der Waals surface area contributed by atoms with Crippen LogP contribution in [0.4, 0.5) is 10.5 Å². The maximum atomic E-state index is 12.9. The number of rotatable bonds is 6. The predicted molar refractivity (Wildman–Crippen MR) is 118 cm³/mol.